The third-order valence-electron chi connectivity index (χ3n) is 4.35. The summed E-state index contributed by atoms with van der Waals surface area (Å²) in [6.45, 7) is 6.43. The molecule has 2 unspecified atom stereocenters. The maximum absolute atomic E-state index is 11.7. The van der Waals surface area contributed by atoms with Gasteiger partial charge in [-0.15, -0.1) is 0 Å². The number of amides is 1. The first-order chi connectivity index (χ1) is 7.13. The van der Waals surface area contributed by atoms with Crippen LogP contribution in [0.1, 0.15) is 32.6 Å². The number of quaternary nitrogens is 1. The Morgan fingerprint density at radius 1 is 1.33 bits per heavy atom. The highest BCUT2D eigenvalue weighted by Gasteiger charge is 2.42. The minimum Gasteiger partial charge on any atom is -0.298 e. The number of rotatable bonds is 2. The van der Waals surface area contributed by atoms with E-state index in [4.69, 9.17) is 0 Å². The van der Waals surface area contributed by atoms with Crippen LogP contribution in [0.3, 0.4) is 0 Å². The average molecular weight is 211 g/mol. The maximum Gasteiger partial charge on any atom is 0.310 e. The fourth-order valence-corrected chi connectivity index (χ4v) is 3.07. The van der Waals surface area contributed by atoms with Crippen LogP contribution in [0.25, 0.3) is 0 Å². The van der Waals surface area contributed by atoms with Crippen molar-refractivity contribution in [1.29, 1.82) is 0 Å². The van der Waals surface area contributed by atoms with Gasteiger partial charge in [-0.1, -0.05) is 0 Å². The summed E-state index contributed by atoms with van der Waals surface area (Å²) >= 11 is 0. The molecule has 0 aromatic carbocycles. The molecule has 2 aliphatic rings. The third kappa shape index (κ3) is 2.08. The first-order valence-electron chi connectivity index (χ1n) is 6.21. The Balaban J connectivity index is 1.98. The Labute approximate surface area is 92.6 Å². The Kier molecular flexibility index (Phi) is 3.12. The molecule has 2 fully saturated rings. The Hall–Kier alpha value is -0.410. The van der Waals surface area contributed by atoms with Gasteiger partial charge >= 0.3 is 5.91 Å². The molecule has 1 amide bonds. The highest BCUT2D eigenvalue weighted by molar-refractivity contribution is 5.66. The molecule has 0 spiro atoms. The van der Waals surface area contributed by atoms with E-state index in [-0.39, 0.29) is 0 Å². The molecule has 2 saturated heterocycles. The smallest absolute Gasteiger partial charge is 0.298 e. The molecule has 2 rings (SSSR count). The van der Waals surface area contributed by atoms with Gasteiger partial charge in [0.1, 0.15) is 6.04 Å². The van der Waals surface area contributed by atoms with Gasteiger partial charge in [0.05, 0.1) is 27.1 Å². The van der Waals surface area contributed by atoms with Crippen molar-refractivity contribution in [3.8, 4) is 0 Å². The van der Waals surface area contributed by atoms with Crippen molar-refractivity contribution >= 4 is 5.91 Å². The van der Waals surface area contributed by atoms with E-state index in [9.17, 15) is 4.79 Å². The van der Waals surface area contributed by atoms with Gasteiger partial charge in [0.15, 0.2) is 0 Å². The predicted octanol–water partition coefficient (Wildman–Crippen LogP) is 1.24. The second kappa shape index (κ2) is 4.22. The number of carbonyl (C=O) groups excluding carboxylic acids is 1. The van der Waals surface area contributed by atoms with E-state index in [1.807, 2.05) is 0 Å². The topological polar surface area (TPSA) is 20.3 Å². The quantitative estimate of drug-likeness (QED) is 0.640. The molecular formula is C12H23N2O+. The summed E-state index contributed by atoms with van der Waals surface area (Å²) in [5.74, 6) is 0.344. The number of hydrogen-bond donors (Lipinski definition) is 0. The molecule has 0 aliphatic carbocycles. The second-order valence-corrected chi connectivity index (χ2v) is 5.31. The van der Waals surface area contributed by atoms with Crippen molar-refractivity contribution in [3.05, 3.63) is 0 Å². The highest BCUT2D eigenvalue weighted by atomic mass is 16.2. The molecular weight excluding hydrogens is 188 g/mol. The average Bonchev–Trinajstić information content (AvgIpc) is 2.78. The molecule has 2 aliphatic heterocycles. The van der Waals surface area contributed by atoms with E-state index >= 15 is 0 Å². The van der Waals surface area contributed by atoms with Crippen molar-refractivity contribution in [2.75, 3.05) is 33.2 Å². The van der Waals surface area contributed by atoms with E-state index in [0.29, 0.717) is 16.4 Å². The lowest BCUT2D eigenvalue weighted by Gasteiger charge is -2.34. The summed E-state index contributed by atoms with van der Waals surface area (Å²) < 4.78 is 0.677. The van der Waals surface area contributed by atoms with Gasteiger partial charge in [-0.25, -0.2) is 4.79 Å². The molecule has 15 heavy (non-hydrogen) atoms. The standard InChI is InChI=1S/C12H23N2O/c1-11(15)14(2)9-5-6-12(14)10-13-7-3-4-8-13/h12H,3-10H2,1-2H3/q+1. The fourth-order valence-electron chi connectivity index (χ4n) is 3.07. The molecule has 0 bridgehead atoms. The molecule has 0 N–H and O–H groups in total. The summed E-state index contributed by atoms with van der Waals surface area (Å²) in [4.78, 5) is 14.2. The molecule has 2 atom stereocenters. The largest absolute Gasteiger partial charge is 0.310 e. The zero-order chi connectivity index (χ0) is 10.9. The molecule has 0 radical (unpaired) electrons. The van der Waals surface area contributed by atoms with Gasteiger partial charge in [0.2, 0.25) is 0 Å². The third-order valence-corrected chi connectivity index (χ3v) is 4.35. The van der Waals surface area contributed by atoms with Gasteiger partial charge in [0, 0.05) is 12.8 Å². The van der Waals surface area contributed by atoms with Crippen molar-refractivity contribution in [1.82, 2.24) is 4.90 Å². The Morgan fingerprint density at radius 2 is 2.00 bits per heavy atom. The summed E-state index contributed by atoms with van der Waals surface area (Å²) in [5.41, 5.74) is 0. The Bertz CT molecular complexity index is 248. The minimum atomic E-state index is 0.344. The van der Waals surface area contributed by atoms with Crippen LogP contribution >= 0.6 is 0 Å². The maximum atomic E-state index is 11.7. The fraction of sp³-hybridized carbons (Fsp3) is 0.917. The van der Waals surface area contributed by atoms with Crippen LogP contribution in [-0.4, -0.2) is 54.6 Å². The first kappa shape index (κ1) is 11.1. The number of carbonyl (C=O) groups is 1. The van der Waals surface area contributed by atoms with Crippen LogP contribution in [-0.2, 0) is 4.79 Å². The first-order valence-corrected chi connectivity index (χ1v) is 6.21. The van der Waals surface area contributed by atoms with Crippen molar-refractivity contribution in [2.24, 2.45) is 0 Å². The van der Waals surface area contributed by atoms with Crippen molar-refractivity contribution < 1.29 is 9.28 Å². The van der Waals surface area contributed by atoms with Gasteiger partial charge in [-0.3, -0.25) is 9.38 Å². The van der Waals surface area contributed by atoms with Crippen LogP contribution in [0.5, 0.6) is 0 Å². The lowest BCUT2D eigenvalue weighted by molar-refractivity contribution is -0.845. The second-order valence-electron chi connectivity index (χ2n) is 5.31. The van der Waals surface area contributed by atoms with E-state index < -0.39 is 0 Å². The lowest BCUT2D eigenvalue weighted by atomic mass is 10.2. The van der Waals surface area contributed by atoms with Crippen molar-refractivity contribution in [3.63, 3.8) is 0 Å². The van der Waals surface area contributed by atoms with E-state index in [0.717, 1.165) is 13.1 Å². The SMILES string of the molecule is CC(=O)[N+]1(C)CCCC1CN1CCCC1. The zero-order valence-corrected chi connectivity index (χ0v) is 10.0. The molecule has 86 valence electrons. The monoisotopic (exact) mass is 211 g/mol. The van der Waals surface area contributed by atoms with Crippen LogP contribution in [0.4, 0.5) is 0 Å². The number of hydrogen-bond acceptors (Lipinski definition) is 2. The van der Waals surface area contributed by atoms with Crippen molar-refractivity contribution in [2.45, 2.75) is 38.6 Å². The molecule has 0 aromatic rings. The molecule has 3 nitrogen and oxygen atoms in total. The van der Waals surface area contributed by atoms with E-state index in [1.165, 1.54) is 38.8 Å². The summed E-state index contributed by atoms with van der Waals surface area (Å²) in [5, 5.41) is 0. The van der Waals surface area contributed by atoms with Crippen LogP contribution in [0.15, 0.2) is 0 Å². The van der Waals surface area contributed by atoms with Crippen LogP contribution in [0, 0.1) is 0 Å². The minimum absolute atomic E-state index is 0.344. The number of likely N-dealkylation sites (N-methyl/N-ethyl adjacent to an activating group) is 1. The number of likely N-dealkylation sites (tertiary alicyclic amines) is 2. The summed E-state index contributed by atoms with van der Waals surface area (Å²) in [7, 11) is 2.12. The van der Waals surface area contributed by atoms with Gasteiger partial charge in [-0.2, -0.15) is 0 Å². The molecule has 0 aromatic heterocycles. The van der Waals surface area contributed by atoms with Gasteiger partial charge in [-0.05, 0) is 25.9 Å². The summed E-state index contributed by atoms with van der Waals surface area (Å²) in [6, 6.07) is 0.556. The van der Waals surface area contributed by atoms with Crippen LogP contribution in [0.2, 0.25) is 0 Å². The van der Waals surface area contributed by atoms with Crippen LogP contribution < -0.4 is 0 Å². The molecule has 3 heteroatoms. The predicted molar refractivity (Wildman–Crippen MR) is 60.4 cm³/mol. The normalized spacial score (nSPS) is 37.3. The highest BCUT2D eigenvalue weighted by Crippen LogP contribution is 2.26. The lowest BCUT2D eigenvalue weighted by Crippen LogP contribution is -2.55. The summed E-state index contributed by atoms with van der Waals surface area (Å²) in [6.07, 6.45) is 5.13. The van der Waals surface area contributed by atoms with E-state index in [1.54, 1.807) is 6.92 Å². The van der Waals surface area contributed by atoms with E-state index in [2.05, 4.69) is 11.9 Å². The van der Waals surface area contributed by atoms with Gasteiger partial charge in [0.25, 0.3) is 0 Å². The zero-order valence-electron chi connectivity index (χ0n) is 10.0. The molecule has 0 saturated carbocycles. The molecule has 2 heterocycles. The number of nitrogens with zero attached hydrogens (tertiary/aromatic N) is 2. The Morgan fingerprint density at radius 3 is 2.60 bits per heavy atom. The van der Waals surface area contributed by atoms with Gasteiger partial charge < -0.3 is 0 Å².